The van der Waals surface area contributed by atoms with E-state index in [-0.39, 0.29) is 42.4 Å². The summed E-state index contributed by atoms with van der Waals surface area (Å²) in [6.07, 6.45) is 3.70. The molecule has 1 atom stereocenters. The van der Waals surface area contributed by atoms with Crippen LogP contribution < -0.4 is 11.1 Å². The highest BCUT2D eigenvalue weighted by molar-refractivity contribution is 6.00. The Kier molecular flexibility index (Phi) is 5.44. The van der Waals surface area contributed by atoms with E-state index in [1.807, 2.05) is 0 Å². The van der Waals surface area contributed by atoms with Gasteiger partial charge in [-0.3, -0.25) is 24.5 Å². The molecule has 6 rings (SSSR count). The summed E-state index contributed by atoms with van der Waals surface area (Å²) in [6, 6.07) is 12.6. The van der Waals surface area contributed by atoms with Gasteiger partial charge in [0.25, 0.3) is 0 Å². The normalized spacial score (nSPS) is 15.8. The van der Waals surface area contributed by atoms with Gasteiger partial charge in [-0.15, -0.1) is 0 Å². The molecule has 1 aliphatic rings. The van der Waals surface area contributed by atoms with Crippen molar-refractivity contribution in [1.82, 2.24) is 25.0 Å². The lowest BCUT2D eigenvalue weighted by Gasteiger charge is -2.21. The maximum Gasteiger partial charge on any atom is 0.420 e. The number of fused-ring (bicyclic) bond motifs is 1. The van der Waals surface area contributed by atoms with Gasteiger partial charge in [-0.05, 0) is 36.2 Å². The average Bonchev–Trinajstić information content (AvgIpc) is 3.48. The van der Waals surface area contributed by atoms with Gasteiger partial charge in [0.05, 0.1) is 17.5 Å². The van der Waals surface area contributed by atoms with Gasteiger partial charge in [0.1, 0.15) is 11.9 Å². The minimum absolute atomic E-state index is 0.100. The number of nitrogens with one attached hydrogen (secondary N) is 1. The van der Waals surface area contributed by atoms with Crippen LogP contribution >= 0.6 is 0 Å². The third kappa shape index (κ3) is 4.10. The first-order chi connectivity index (χ1) is 18.0. The van der Waals surface area contributed by atoms with Crippen molar-refractivity contribution in [2.24, 2.45) is 0 Å². The Balaban J connectivity index is 1.30. The summed E-state index contributed by atoms with van der Waals surface area (Å²) in [5, 5.41) is 6.21. The second-order valence-electron chi connectivity index (χ2n) is 8.60. The van der Waals surface area contributed by atoms with E-state index >= 15 is 4.39 Å². The third-order valence-electron chi connectivity index (χ3n) is 6.23. The first-order valence-corrected chi connectivity index (χ1v) is 11.5. The Morgan fingerprint density at radius 1 is 1.08 bits per heavy atom. The summed E-state index contributed by atoms with van der Waals surface area (Å²) in [5.41, 5.74) is 2.60. The zero-order valence-electron chi connectivity index (χ0n) is 19.2. The van der Waals surface area contributed by atoms with Crippen LogP contribution in [0.2, 0.25) is 0 Å². The minimum Gasteiger partial charge on any atom is -0.408 e. The SMILES string of the molecule is O=C1CCC(n2c(=O)oc3ccc(Cc4nc(-c5cccc(-c6cccnc6)c5F)no4)cc32)C(=O)N1. The van der Waals surface area contributed by atoms with Gasteiger partial charge >= 0.3 is 5.76 Å². The fraction of sp³-hybridized carbons (Fsp3) is 0.154. The lowest BCUT2D eigenvalue weighted by atomic mass is 10.0. The van der Waals surface area contributed by atoms with Crippen molar-refractivity contribution in [2.75, 3.05) is 0 Å². The van der Waals surface area contributed by atoms with E-state index in [0.717, 1.165) is 0 Å². The summed E-state index contributed by atoms with van der Waals surface area (Å²) in [6.45, 7) is 0. The maximum absolute atomic E-state index is 15.3. The second kappa shape index (κ2) is 8.94. The molecule has 1 saturated heterocycles. The number of oxazole rings is 1. The second-order valence-corrected chi connectivity index (χ2v) is 8.60. The number of amides is 2. The number of imide groups is 1. The van der Waals surface area contributed by atoms with Crippen LogP contribution in [0.4, 0.5) is 4.39 Å². The lowest BCUT2D eigenvalue weighted by Crippen LogP contribution is -2.43. The molecule has 1 aliphatic heterocycles. The molecule has 0 bridgehead atoms. The van der Waals surface area contributed by atoms with E-state index in [1.165, 1.54) is 4.57 Å². The number of nitrogens with zero attached hydrogens (tertiary/aromatic N) is 4. The number of aromatic nitrogens is 4. The highest BCUT2D eigenvalue weighted by Gasteiger charge is 2.31. The quantitative estimate of drug-likeness (QED) is 0.364. The number of carbonyl (C=O) groups is 2. The molecule has 1 unspecified atom stereocenters. The summed E-state index contributed by atoms with van der Waals surface area (Å²) in [5.74, 6) is -1.77. The highest BCUT2D eigenvalue weighted by Crippen LogP contribution is 2.30. The molecule has 0 spiro atoms. The fourth-order valence-electron chi connectivity index (χ4n) is 4.47. The van der Waals surface area contributed by atoms with Crippen LogP contribution in [0.25, 0.3) is 33.6 Å². The van der Waals surface area contributed by atoms with E-state index in [9.17, 15) is 14.4 Å². The first-order valence-electron chi connectivity index (χ1n) is 11.5. The van der Waals surface area contributed by atoms with Crippen molar-refractivity contribution in [3.8, 4) is 22.5 Å². The molecule has 5 aromatic rings. The fourth-order valence-corrected chi connectivity index (χ4v) is 4.47. The molecule has 11 heteroatoms. The zero-order valence-corrected chi connectivity index (χ0v) is 19.2. The van der Waals surface area contributed by atoms with Crippen molar-refractivity contribution in [2.45, 2.75) is 25.3 Å². The topological polar surface area (TPSA) is 133 Å². The third-order valence-corrected chi connectivity index (χ3v) is 6.23. The van der Waals surface area contributed by atoms with Crippen LogP contribution in [-0.4, -0.2) is 31.5 Å². The number of carbonyl (C=O) groups excluding carboxylic acids is 2. The summed E-state index contributed by atoms with van der Waals surface area (Å²) >= 11 is 0. The Bertz CT molecular complexity index is 1720. The van der Waals surface area contributed by atoms with Crippen molar-refractivity contribution in [3.05, 3.63) is 88.7 Å². The number of hydrogen-bond acceptors (Lipinski definition) is 8. The Morgan fingerprint density at radius 3 is 2.76 bits per heavy atom. The molecule has 2 aromatic carbocycles. The van der Waals surface area contributed by atoms with Gasteiger partial charge in [0, 0.05) is 29.9 Å². The van der Waals surface area contributed by atoms with Gasteiger partial charge in [0.2, 0.25) is 23.5 Å². The largest absolute Gasteiger partial charge is 0.420 e. The zero-order chi connectivity index (χ0) is 25.5. The Morgan fingerprint density at radius 2 is 1.95 bits per heavy atom. The smallest absolute Gasteiger partial charge is 0.408 e. The Hall–Kier alpha value is -4.93. The molecular formula is C26H18FN5O5. The number of hydrogen-bond donors (Lipinski definition) is 1. The lowest BCUT2D eigenvalue weighted by molar-refractivity contribution is -0.135. The van der Waals surface area contributed by atoms with E-state index in [2.05, 4.69) is 20.4 Å². The Labute approximate surface area is 207 Å². The molecule has 10 nitrogen and oxygen atoms in total. The molecule has 0 saturated carbocycles. The maximum atomic E-state index is 15.3. The van der Waals surface area contributed by atoms with Crippen molar-refractivity contribution >= 4 is 22.9 Å². The highest BCUT2D eigenvalue weighted by atomic mass is 19.1. The number of pyridine rings is 1. The number of benzene rings is 2. The van der Waals surface area contributed by atoms with Gasteiger partial charge in [-0.2, -0.15) is 4.98 Å². The van der Waals surface area contributed by atoms with Crippen LogP contribution in [-0.2, 0) is 16.0 Å². The van der Waals surface area contributed by atoms with Crippen LogP contribution in [0.3, 0.4) is 0 Å². The summed E-state index contributed by atoms with van der Waals surface area (Å²) in [4.78, 5) is 44.8. The van der Waals surface area contributed by atoms with E-state index in [1.54, 1.807) is 60.9 Å². The predicted octanol–water partition coefficient (Wildman–Crippen LogP) is 3.41. The molecule has 1 N–H and O–H groups in total. The van der Waals surface area contributed by atoms with Gasteiger partial charge < -0.3 is 8.94 Å². The van der Waals surface area contributed by atoms with Gasteiger partial charge in [-0.1, -0.05) is 29.4 Å². The standard InChI is InChI=1S/C26H18FN5O5/c27-23-16(15-3-2-10-28-13-15)4-1-5-17(23)24-30-22(37-31-24)12-14-6-8-20-19(11-14)32(26(35)36-20)18-7-9-21(33)29-25(18)34/h1-6,8,10-11,13,18H,7,9,12H2,(H,29,33,34). The number of halogens is 1. The molecular weight excluding hydrogens is 481 g/mol. The predicted molar refractivity (Wildman–Crippen MR) is 128 cm³/mol. The monoisotopic (exact) mass is 499 g/mol. The van der Waals surface area contributed by atoms with Crippen LogP contribution in [0.15, 0.2) is 74.7 Å². The van der Waals surface area contributed by atoms with Crippen molar-refractivity contribution in [3.63, 3.8) is 0 Å². The average molecular weight is 499 g/mol. The number of rotatable bonds is 5. The molecule has 4 heterocycles. The van der Waals surface area contributed by atoms with Crippen LogP contribution in [0, 0.1) is 5.82 Å². The molecule has 37 heavy (non-hydrogen) atoms. The number of piperidine rings is 1. The molecule has 1 fully saturated rings. The van der Waals surface area contributed by atoms with Gasteiger partial charge in [0.15, 0.2) is 5.58 Å². The van der Waals surface area contributed by atoms with Gasteiger partial charge in [-0.25, -0.2) is 9.18 Å². The van der Waals surface area contributed by atoms with Crippen LogP contribution in [0.1, 0.15) is 30.3 Å². The molecule has 184 valence electrons. The summed E-state index contributed by atoms with van der Waals surface area (Å²) in [7, 11) is 0. The minimum atomic E-state index is -0.855. The van der Waals surface area contributed by atoms with E-state index < -0.39 is 23.5 Å². The van der Waals surface area contributed by atoms with E-state index in [4.69, 9.17) is 8.94 Å². The first kappa shape index (κ1) is 22.5. The van der Waals surface area contributed by atoms with Crippen LogP contribution in [0.5, 0.6) is 0 Å². The summed E-state index contributed by atoms with van der Waals surface area (Å²) < 4.78 is 27.2. The molecule has 3 aromatic heterocycles. The molecule has 2 amide bonds. The van der Waals surface area contributed by atoms with E-state index in [0.29, 0.717) is 27.8 Å². The van der Waals surface area contributed by atoms with Crippen molar-refractivity contribution in [1.29, 1.82) is 0 Å². The van der Waals surface area contributed by atoms with Crippen molar-refractivity contribution < 1.29 is 22.9 Å². The molecule has 0 radical (unpaired) electrons. The molecule has 0 aliphatic carbocycles.